The second-order valence-electron chi connectivity index (χ2n) is 6.92. The quantitative estimate of drug-likeness (QED) is 0.423. The van der Waals surface area contributed by atoms with E-state index in [-0.39, 0.29) is 11.5 Å². The maximum atomic E-state index is 13.6. The van der Waals surface area contributed by atoms with Gasteiger partial charge in [0.05, 0.1) is 5.69 Å². The van der Waals surface area contributed by atoms with Gasteiger partial charge in [0.25, 0.3) is 5.91 Å². The van der Waals surface area contributed by atoms with Crippen LogP contribution < -0.4 is 11.1 Å². The molecule has 1 aliphatic heterocycles. The summed E-state index contributed by atoms with van der Waals surface area (Å²) in [5.41, 5.74) is 7.71. The summed E-state index contributed by atoms with van der Waals surface area (Å²) in [4.78, 5) is 19.3. The summed E-state index contributed by atoms with van der Waals surface area (Å²) in [6.45, 7) is 2.44. The molecule has 0 bridgehead atoms. The first kappa shape index (κ1) is 20.7. The number of likely N-dealkylation sites (tertiary alicyclic amines) is 1. The molecule has 3 rings (SSSR count). The van der Waals surface area contributed by atoms with Crippen molar-refractivity contribution in [3.63, 3.8) is 0 Å². The topological polar surface area (TPSA) is 80.0 Å². The molecule has 1 aliphatic rings. The third-order valence-corrected chi connectivity index (χ3v) is 4.70. The van der Waals surface area contributed by atoms with Crippen molar-refractivity contribution >= 4 is 17.4 Å². The van der Waals surface area contributed by atoms with E-state index in [0.717, 1.165) is 42.9 Å². The third kappa shape index (κ3) is 5.99. The summed E-state index contributed by atoms with van der Waals surface area (Å²) in [6, 6.07) is 10.5. The molecule has 1 saturated heterocycles. The minimum absolute atomic E-state index is 0.135. The summed E-state index contributed by atoms with van der Waals surface area (Å²) in [5, 5.41) is 6.12. The van der Waals surface area contributed by atoms with Gasteiger partial charge in [-0.1, -0.05) is 35.8 Å². The van der Waals surface area contributed by atoms with E-state index in [4.69, 9.17) is 10.6 Å². The van der Waals surface area contributed by atoms with Gasteiger partial charge in [0.1, 0.15) is 11.6 Å². The van der Waals surface area contributed by atoms with E-state index in [1.165, 1.54) is 19.3 Å². The SMILES string of the molecule is N/C(=N/OCC(=O)Nc1ccc(F)cc1F)c1ccccc1CN1CCCCC1. The Hall–Kier alpha value is -3.00. The number of rotatable bonds is 7. The van der Waals surface area contributed by atoms with E-state index in [0.29, 0.717) is 6.07 Å². The zero-order valence-corrected chi connectivity index (χ0v) is 16.0. The third-order valence-electron chi connectivity index (χ3n) is 4.70. The van der Waals surface area contributed by atoms with Crippen LogP contribution in [0.25, 0.3) is 0 Å². The predicted molar refractivity (Wildman–Crippen MR) is 107 cm³/mol. The number of oxime groups is 1. The molecule has 3 N–H and O–H groups in total. The number of amidine groups is 1. The van der Waals surface area contributed by atoms with Gasteiger partial charge in [-0.25, -0.2) is 8.78 Å². The fourth-order valence-electron chi connectivity index (χ4n) is 3.25. The molecule has 2 aromatic carbocycles. The van der Waals surface area contributed by atoms with Gasteiger partial charge < -0.3 is 15.9 Å². The molecule has 1 heterocycles. The van der Waals surface area contributed by atoms with Gasteiger partial charge in [0.2, 0.25) is 0 Å². The van der Waals surface area contributed by atoms with Crippen molar-refractivity contribution in [3.05, 3.63) is 65.2 Å². The number of carbonyl (C=O) groups excluding carboxylic acids is 1. The van der Waals surface area contributed by atoms with Crippen LogP contribution in [0.5, 0.6) is 0 Å². The molecule has 1 fully saturated rings. The van der Waals surface area contributed by atoms with Crippen LogP contribution in [0.2, 0.25) is 0 Å². The van der Waals surface area contributed by atoms with Crippen LogP contribution in [-0.4, -0.2) is 36.3 Å². The number of hydrogen-bond donors (Lipinski definition) is 2. The molecule has 2 aromatic rings. The number of hydrogen-bond acceptors (Lipinski definition) is 4. The van der Waals surface area contributed by atoms with E-state index >= 15 is 0 Å². The average molecular weight is 402 g/mol. The maximum absolute atomic E-state index is 13.6. The van der Waals surface area contributed by atoms with Crippen molar-refractivity contribution in [1.82, 2.24) is 4.90 Å². The minimum atomic E-state index is -0.868. The van der Waals surface area contributed by atoms with Crippen LogP contribution in [0.15, 0.2) is 47.6 Å². The predicted octanol–water partition coefficient (Wildman–Crippen LogP) is 3.23. The Morgan fingerprint density at radius 2 is 1.90 bits per heavy atom. The lowest BCUT2D eigenvalue weighted by atomic mass is 10.0. The lowest BCUT2D eigenvalue weighted by Crippen LogP contribution is -2.30. The fourth-order valence-corrected chi connectivity index (χ4v) is 3.25. The van der Waals surface area contributed by atoms with Crippen molar-refractivity contribution in [1.29, 1.82) is 0 Å². The van der Waals surface area contributed by atoms with Crippen LogP contribution in [0.1, 0.15) is 30.4 Å². The van der Waals surface area contributed by atoms with Gasteiger partial charge in [-0.3, -0.25) is 9.69 Å². The molecule has 0 aromatic heterocycles. The normalized spacial score (nSPS) is 15.2. The molecule has 1 amide bonds. The second kappa shape index (κ2) is 9.97. The van der Waals surface area contributed by atoms with Gasteiger partial charge in [-0.15, -0.1) is 0 Å². The highest BCUT2D eigenvalue weighted by atomic mass is 19.1. The lowest BCUT2D eigenvalue weighted by molar-refractivity contribution is -0.120. The molecule has 8 heteroatoms. The summed E-state index contributed by atoms with van der Waals surface area (Å²) < 4.78 is 26.5. The molecule has 0 unspecified atom stereocenters. The zero-order chi connectivity index (χ0) is 20.6. The highest BCUT2D eigenvalue weighted by molar-refractivity contribution is 5.98. The lowest BCUT2D eigenvalue weighted by Gasteiger charge is -2.27. The number of benzene rings is 2. The van der Waals surface area contributed by atoms with Crippen LogP contribution in [-0.2, 0) is 16.2 Å². The first-order valence-electron chi connectivity index (χ1n) is 9.54. The van der Waals surface area contributed by atoms with Gasteiger partial charge in [-0.2, -0.15) is 0 Å². The molecule has 6 nitrogen and oxygen atoms in total. The Morgan fingerprint density at radius 3 is 2.66 bits per heavy atom. The van der Waals surface area contributed by atoms with Crippen LogP contribution in [0.3, 0.4) is 0 Å². The largest absolute Gasteiger partial charge is 0.384 e. The zero-order valence-electron chi connectivity index (χ0n) is 16.0. The van der Waals surface area contributed by atoms with Crippen molar-refractivity contribution < 1.29 is 18.4 Å². The van der Waals surface area contributed by atoms with Gasteiger partial charge >= 0.3 is 0 Å². The van der Waals surface area contributed by atoms with Gasteiger partial charge in [0.15, 0.2) is 12.4 Å². The van der Waals surface area contributed by atoms with Crippen molar-refractivity contribution in [2.75, 3.05) is 25.0 Å². The summed E-state index contributed by atoms with van der Waals surface area (Å²) in [6.07, 6.45) is 3.65. The van der Waals surface area contributed by atoms with E-state index in [9.17, 15) is 13.6 Å². The van der Waals surface area contributed by atoms with Gasteiger partial charge in [-0.05, 0) is 43.6 Å². The Kier molecular flexibility index (Phi) is 7.13. The summed E-state index contributed by atoms with van der Waals surface area (Å²) >= 11 is 0. The van der Waals surface area contributed by atoms with Gasteiger partial charge in [0, 0.05) is 18.2 Å². The monoisotopic (exact) mass is 402 g/mol. The number of nitrogens with two attached hydrogens (primary N) is 1. The number of amides is 1. The molecule has 0 atom stereocenters. The van der Waals surface area contributed by atoms with Crippen LogP contribution >= 0.6 is 0 Å². The molecular formula is C21H24F2N4O2. The van der Waals surface area contributed by atoms with E-state index in [1.54, 1.807) is 0 Å². The van der Waals surface area contributed by atoms with Crippen molar-refractivity contribution in [3.8, 4) is 0 Å². The average Bonchev–Trinajstić information content (AvgIpc) is 2.71. The van der Waals surface area contributed by atoms with E-state index < -0.39 is 24.1 Å². The molecular weight excluding hydrogens is 378 g/mol. The number of piperidine rings is 1. The van der Waals surface area contributed by atoms with E-state index in [1.807, 2.05) is 24.3 Å². The number of anilines is 1. The Labute approximate surface area is 168 Å². The highest BCUT2D eigenvalue weighted by Crippen LogP contribution is 2.17. The summed E-state index contributed by atoms with van der Waals surface area (Å²) in [5.74, 6) is -2.06. The Bertz CT molecular complexity index is 883. The standard InChI is InChI=1S/C21H24F2N4O2/c22-16-8-9-19(18(23)12-16)25-20(28)14-29-26-21(24)17-7-3-2-6-15(17)13-27-10-4-1-5-11-27/h2-3,6-9,12H,1,4-5,10-11,13-14H2,(H2,24,26)(H,25,28). The van der Waals surface area contributed by atoms with Crippen LogP contribution in [0, 0.1) is 11.6 Å². The number of nitrogens with zero attached hydrogens (tertiary/aromatic N) is 2. The molecule has 0 spiro atoms. The molecule has 154 valence electrons. The van der Waals surface area contributed by atoms with Crippen molar-refractivity contribution in [2.24, 2.45) is 10.9 Å². The fraction of sp³-hybridized carbons (Fsp3) is 0.333. The highest BCUT2D eigenvalue weighted by Gasteiger charge is 2.14. The van der Waals surface area contributed by atoms with Crippen molar-refractivity contribution in [2.45, 2.75) is 25.8 Å². The smallest absolute Gasteiger partial charge is 0.265 e. The number of carbonyl (C=O) groups is 1. The summed E-state index contributed by atoms with van der Waals surface area (Å²) in [7, 11) is 0. The van der Waals surface area contributed by atoms with Crippen LogP contribution in [0.4, 0.5) is 14.5 Å². The Balaban J connectivity index is 1.57. The molecule has 0 saturated carbocycles. The first-order valence-corrected chi connectivity index (χ1v) is 9.54. The minimum Gasteiger partial charge on any atom is -0.384 e. The Morgan fingerprint density at radius 1 is 1.14 bits per heavy atom. The molecule has 0 aliphatic carbocycles. The number of nitrogens with one attached hydrogen (secondary N) is 1. The first-order chi connectivity index (χ1) is 14.0. The van der Waals surface area contributed by atoms with E-state index in [2.05, 4.69) is 15.4 Å². The maximum Gasteiger partial charge on any atom is 0.265 e. The number of halogens is 2. The molecule has 29 heavy (non-hydrogen) atoms. The molecule has 0 radical (unpaired) electrons. The second-order valence-corrected chi connectivity index (χ2v) is 6.92.